The van der Waals surface area contributed by atoms with Gasteiger partial charge in [0, 0.05) is 18.3 Å². The molecule has 1 atom stereocenters. The number of ether oxygens (including phenoxy) is 1. The van der Waals surface area contributed by atoms with Crippen LogP contribution in [-0.2, 0) is 9.59 Å². The van der Waals surface area contributed by atoms with E-state index in [1.807, 2.05) is 19.1 Å². The second-order valence-electron chi connectivity index (χ2n) is 4.63. The molecule has 0 radical (unpaired) electrons. The first-order valence-corrected chi connectivity index (χ1v) is 7.30. The van der Waals surface area contributed by atoms with E-state index in [2.05, 4.69) is 21.2 Å². The monoisotopic (exact) mass is 340 g/mol. The Kier molecular flexibility index (Phi) is 4.65. The van der Waals surface area contributed by atoms with Crippen molar-refractivity contribution in [1.82, 2.24) is 4.90 Å². The van der Waals surface area contributed by atoms with Crippen molar-refractivity contribution in [3.8, 4) is 5.75 Å². The average molecular weight is 341 g/mol. The number of nitrogens with zero attached hydrogens (tertiary/aromatic N) is 1. The van der Waals surface area contributed by atoms with Gasteiger partial charge in [-0.3, -0.25) is 14.5 Å². The molecule has 1 fully saturated rings. The Morgan fingerprint density at radius 2 is 2.20 bits per heavy atom. The van der Waals surface area contributed by atoms with E-state index < -0.39 is 6.04 Å². The Morgan fingerprint density at radius 3 is 2.85 bits per heavy atom. The maximum atomic E-state index is 12.1. The van der Waals surface area contributed by atoms with E-state index in [-0.39, 0.29) is 18.2 Å². The molecule has 1 unspecified atom stereocenters. The molecule has 0 saturated carbocycles. The van der Waals surface area contributed by atoms with Crippen molar-refractivity contribution in [2.45, 2.75) is 25.8 Å². The molecule has 0 spiro atoms. The van der Waals surface area contributed by atoms with Gasteiger partial charge in [0.05, 0.1) is 18.0 Å². The molecule has 1 saturated heterocycles. The Balaban J connectivity index is 2.11. The first-order chi connectivity index (χ1) is 9.56. The molecule has 5 nitrogen and oxygen atoms in total. The highest BCUT2D eigenvalue weighted by molar-refractivity contribution is 9.10. The molecule has 1 aliphatic heterocycles. The number of hydrogen-bond acceptors (Lipinski definition) is 4. The number of carbonyl (C=O) groups is 2. The number of benzene rings is 1. The van der Waals surface area contributed by atoms with Crippen LogP contribution in [0.15, 0.2) is 22.7 Å². The number of carbonyl (C=O) groups excluding carboxylic acids is 2. The van der Waals surface area contributed by atoms with Gasteiger partial charge in [-0.15, -0.1) is 0 Å². The van der Waals surface area contributed by atoms with E-state index in [0.717, 1.165) is 16.6 Å². The van der Waals surface area contributed by atoms with Crippen LogP contribution >= 0.6 is 15.9 Å². The number of imide groups is 1. The minimum Gasteiger partial charge on any atom is -0.495 e. The van der Waals surface area contributed by atoms with E-state index in [0.29, 0.717) is 12.3 Å². The van der Waals surface area contributed by atoms with Crippen molar-refractivity contribution >= 4 is 33.4 Å². The zero-order chi connectivity index (χ0) is 14.7. The lowest BCUT2D eigenvalue weighted by molar-refractivity contribution is -0.138. The molecule has 1 aliphatic rings. The summed E-state index contributed by atoms with van der Waals surface area (Å²) in [6.45, 7) is 2.43. The second-order valence-corrected chi connectivity index (χ2v) is 5.49. The minimum absolute atomic E-state index is 0.113. The summed E-state index contributed by atoms with van der Waals surface area (Å²) in [4.78, 5) is 25.2. The van der Waals surface area contributed by atoms with E-state index in [1.54, 1.807) is 13.2 Å². The van der Waals surface area contributed by atoms with Gasteiger partial charge in [0.1, 0.15) is 11.8 Å². The number of amides is 2. The van der Waals surface area contributed by atoms with Crippen LogP contribution in [0.25, 0.3) is 0 Å². The summed E-state index contributed by atoms with van der Waals surface area (Å²) in [5.74, 6) is 0.411. The van der Waals surface area contributed by atoms with E-state index in [9.17, 15) is 9.59 Å². The van der Waals surface area contributed by atoms with Crippen LogP contribution in [0, 0.1) is 0 Å². The highest BCUT2D eigenvalue weighted by atomic mass is 79.9. The molecule has 0 bridgehead atoms. The molecule has 1 aromatic rings. The van der Waals surface area contributed by atoms with Crippen LogP contribution in [0.4, 0.5) is 5.69 Å². The SMILES string of the molecule is CCCN1C(=O)CC(Nc2ccc(Br)c(OC)c2)C1=O. The summed E-state index contributed by atoms with van der Waals surface area (Å²) >= 11 is 3.37. The number of methoxy groups -OCH3 is 1. The Hall–Kier alpha value is -1.56. The van der Waals surface area contributed by atoms with Gasteiger partial charge in [0.15, 0.2) is 0 Å². The van der Waals surface area contributed by atoms with Gasteiger partial charge in [-0.2, -0.15) is 0 Å². The fourth-order valence-electron chi connectivity index (χ4n) is 2.21. The summed E-state index contributed by atoms with van der Waals surface area (Å²) in [6, 6.07) is 4.99. The van der Waals surface area contributed by atoms with Crippen molar-refractivity contribution in [2.75, 3.05) is 19.0 Å². The summed E-state index contributed by atoms with van der Waals surface area (Å²) in [7, 11) is 1.58. The summed E-state index contributed by atoms with van der Waals surface area (Å²) in [6.07, 6.45) is 0.980. The maximum absolute atomic E-state index is 12.1. The largest absolute Gasteiger partial charge is 0.495 e. The lowest BCUT2D eigenvalue weighted by Crippen LogP contribution is -2.35. The van der Waals surface area contributed by atoms with Crippen molar-refractivity contribution < 1.29 is 14.3 Å². The first-order valence-electron chi connectivity index (χ1n) is 6.51. The fraction of sp³-hybridized carbons (Fsp3) is 0.429. The van der Waals surface area contributed by atoms with Gasteiger partial charge >= 0.3 is 0 Å². The van der Waals surface area contributed by atoms with Crippen LogP contribution in [-0.4, -0.2) is 36.4 Å². The highest BCUT2D eigenvalue weighted by Gasteiger charge is 2.37. The van der Waals surface area contributed by atoms with Gasteiger partial charge < -0.3 is 10.1 Å². The topological polar surface area (TPSA) is 58.6 Å². The summed E-state index contributed by atoms with van der Waals surface area (Å²) < 4.78 is 6.05. The van der Waals surface area contributed by atoms with Crippen LogP contribution in [0.1, 0.15) is 19.8 Å². The summed E-state index contributed by atoms with van der Waals surface area (Å²) in [5, 5.41) is 3.10. The number of hydrogen-bond donors (Lipinski definition) is 1. The molecular weight excluding hydrogens is 324 g/mol. The first kappa shape index (κ1) is 14.8. The molecule has 0 aliphatic carbocycles. The number of likely N-dealkylation sites (tertiary alicyclic amines) is 1. The smallest absolute Gasteiger partial charge is 0.252 e. The van der Waals surface area contributed by atoms with Crippen molar-refractivity contribution in [3.63, 3.8) is 0 Å². The van der Waals surface area contributed by atoms with Gasteiger partial charge in [-0.1, -0.05) is 6.92 Å². The third kappa shape index (κ3) is 2.95. The predicted molar refractivity (Wildman–Crippen MR) is 79.7 cm³/mol. The third-order valence-electron chi connectivity index (χ3n) is 3.18. The van der Waals surface area contributed by atoms with Crippen LogP contribution < -0.4 is 10.1 Å². The molecular formula is C14H17BrN2O3. The molecule has 0 aromatic heterocycles. The molecule has 20 heavy (non-hydrogen) atoms. The van der Waals surface area contributed by atoms with Gasteiger partial charge in [0.2, 0.25) is 5.91 Å². The molecule has 108 valence electrons. The number of anilines is 1. The highest BCUT2D eigenvalue weighted by Crippen LogP contribution is 2.29. The summed E-state index contributed by atoms with van der Waals surface area (Å²) in [5.41, 5.74) is 0.759. The van der Waals surface area contributed by atoms with Crippen molar-refractivity contribution in [2.24, 2.45) is 0 Å². The fourth-order valence-corrected chi connectivity index (χ4v) is 2.61. The Labute approximate surface area is 126 Å². The zero-order valence-electron chi connectivity index (χ0n) is 11.5. The molecule has 1 N–H and O–H groups in total. The zero-order valence-corrected chi connectivity index (χ0v) is 13.1. The lowest BCUT2D eigenvalue weighted by Gasteiger charge is -2.15. The molecule has 2 rings (SSSR count). The average Bonchev–Trinajstić information content (AvgIpc) is 2.69. The van der Waals surface area contributed by atoms with Gasteiger partial charge in [-0.05, 0) is 34.5 Å². The molecule has 6 heteroatoms. The number of halogens is 1. The minimum atomic E-state index is -0.486. The van der Waals surface area contributed by atoms with Crippen LogP contribution in [0.5, 0.6) is 5.75 Å². The lowest BCUT2D eigenvalue weighted by atomic mass is 10.2. The normalized spacial score (nSPS) is 18.6. The maximum Gasteiger partial charge on any atom is 0.252 e. The van der Waals surface area contributed by atoms with E-state index in [1.165, 1.54) is 4.90 Å². The second kappa shape index (κ2) is 6.26. The quantitative estimate of drug-likeness (QED) is 0.836. The number of nitrogens with one attached hydrogen (secondary N) is 1. The Bertz CT molecular complexity index is 533. The Morgan fingerprint density at radius 1 is 1.45 bits per heavy atom. The van der Waals surface area contributed by atoms with Crippen molar-refractivity contribution in [1.29, 1.82) is 0 Å². The molecule has 1 heterocycles. The van der Waals surface area contributed by atoms with Crippen LogP contribution in [0.2, 0.25) is 0 Å². The van der Waals surface area contributed by atoms with E-state index >= 15 is 0 Å². The third-order valence-corrected chi connectivity index (χ3v) is 3.84. The van der Waals surface area contributed by atoms with Gasteiger partial charge in [-0.25, -0.2) is 0 Å². The number of rotatable bonds is 5. The van der Waals surface area contributed by atoms with Crippen LogP contribution in [0.3, 0.4) is 0 Å². The molecule has 2 amide bonds. The van der Waals surface area contributed by atoms with Gasteiger partial charge in [0.25, 0.3) is 5.91 Å². The molecule has 1 aromatic carbocycles. The predicted octanol–water partition coefficient (Wildman–Crippen LogP) is 2.41. The van der Waals surface area contributed by atoms with Crippen molar-refractivity contribution in [3.05, 3.63) is 22.7 Å². The van der Waals surface area contributed by atoms with E-state index in [4.69, 9.17) is 4.74 Å². The standard InChI is InChI=1S/C14H17BrN2O3/c1-3-6-17-13(18)8-11(14(17)19)16-9-4-5-10(15)12(7-9)20-2/h4-5,7,11,16H,3,6,8H2,1-2H3.